The molecule has 2 aliphatic rings. The Morgan fingerprint density at radius 2 is 1.95 bits per heavy atom. The van der Waals surface area contributed by atoms with Crippen LogP contribution in [0.2, 0.25) is 0 Å². The van der Waals surface area contributed by atoms with Crippen molar-refractivity contribution < 1.29 is 4.79 Å². The van der Waals surface area contributed by atoms with E-state index in [1.165, 1.54) is 38.5 Å². The lowest BCUT2D eigenvalue weighted by Gasteiger charge is -2.26. The zero-order valence-electron chi connectivity index (χ0n) is 13.2. The molecule has 0 spiro atoms. The van der Waals surface area contributed by atoms with Gasteiger partial charge in [-0.25, -0.2) is 0 Å². The summed E-state index contributed by atoms with van der Waals surface area (Å²) in [5.41, 5.74) is 0. The third-order valence-electron chi connectivity index (χ3n) is 4.62. The third-order valence-corrected chi connectivity index (χ3v) is 4.62. The highest BCUT2D eigenvalue weighted by molar-refractivity contribution is 5.81. The highest BCUT2D eigenvalue weighted by Crippen LogP contribution is 2.14. The molecule has 2 N–H and O–H groups in total. The molecular weight excluding hydrogens is 250 g/mol. The van der Waals surface area contributed by atoms with Crippen LogP contribution in [0.25, 0.3) is 0 Å². The number of amides is 1. The lowest BCUT2D eigenvalue weighted by molar-refractivity contribution is -0.132. The van der Waals surface area contributed by atoms with E-state index in [1.54, 1.807) is 0 Å². The minimum atomic E-state index is -0.0473. The number of rotatable bonds is 5. The van der Waals surface area contributed by atoms with Gasteiger partial charge in [-0.15, -0.1) is 0 Å². The first-order valence-corrected chi connectivity index (χ1v) is 8.45. The van der Waals surface area contributed by atoms with Crippen molar-refractivity contribution in [1.29, 1.82) is 0 Å². The fourth-order valence-corrected chi connectivity index (χ4v) is 3.51. The quantitative estimate of drug-likeness (QED) is 0.809. The third kappa shape index (κ3) is 4.74. The Morgan fingerprint density at radius 1 is 1.20 bits per heavy atom. The molecule has 4 nitrogen and oxygen atoms in total. The molecule has 2 fully saturated rings. The molecule has 3 unspecified atom stereocenters. The van der Waals surface area contributed by atoms with Gasteiger partial charge in [-0.3, -0.25) is 4.79 Å². The van der Waals surface area contributed by atoms with Gasteiger partial charge in [-0.2, -0.15) is 0 Å². The smallest absolute Gasteiger partial charge is 0.239 e. The number of nitrogens with one attached hydrogen (secondary N) is 2. The average molecular weight is 281 g/mol. The van der Waals surface area contributed by atoms with E-state index < -0.39 is 0 Å². The van der Waals surface area contributed by atoms with E-state index in [0.717, 1.165) is 26.1 Å². The van der Waals surface area contributed by atoms with E-state index in [4.69, 9.17) is 0 Å². The average Bonchev–Trinajstić information content (AvgIpc) is 2.84. The Balaban J connectivity index is 1.72. The van der Waals surface area contributed by atoms with Crippen LogP contribution in [-0.4, -0.2) is 48.6 Å². The Kier molecular flexibility index (Phi) is 6.30. The SMILES string of the molecule is CC(CC1CCCCCN1)NC(C)C(=O)N1CCCC1. The van der Waals surface area contributed by atoms with Crippen LogP contribution >= 0.6 is 0 Å². The van der Waals surface area contributed by atoms with Crippen LogP contribution in [0, 0.1) is 0 Å². The van der Waals surface area contributed by atoms with Crippen LogP contribution in [0.15, 0.2) is 0 Å². The first-order chi connectivity index (χ1) is 9.66. The second-order valence-electron chi connectivity index (χ2n) is 6.56. The molecule has 2 heterocycles. The molecule has 0 radical (unpaired) electrons. The zero-order valence-corrected chi connectivity index (χ0v) is 13.2. The van der Waals surface area contributed by atoms with E-state index in [0.29, 0.717) is 12.1 Å². The van der Waals surface area contributed by atoms with Crippen LogP contribution in [-0.2, 0) is 4.79 Å². The molecule has 0 bridgehead atoms. The van der Waals surface area contributed by atoms with Crippen LogP contribution in [0.4, 0.5) is 0 Å². The molecule has 0 aliphatic carbocycles. The standard InChI is InChI=1S/C16H31N3O/c1-13(12-15-8-4-3-5-9-17-15)18-14(2)16(20)19-10-6-7-11-19/h13-15,17-18H,3-12H2,1-2H3. The maximum atomic E-state index is 12.3. The van der Waals surface area contributed by atoms with Crippen LogP contribution < -0.4 is 10.6 Å². The molecule has 1 amide bonds. The van der Waals surface area contributed by atoms with Crippen molar-refractivity contribution in [3.05, 3.63) is 0 Å². The molecule has 0 saturated carbocycles. The van der Waals surface area contributed by atoms with Crippen LogP contribution in [0.3, 0.4) is 0 Å². The first kappa shape index (κ1) is 15.8. The number of hydrogen-bond acceptors (Lipinski definition) is 3. The summed E-state index contributed by atoms with van der Waals surface area (Å²) in [6.07, 6.45) is 8.74. The number of carbonyl (C=O) groups excluding carboxylic acids is 1. The second kappa shape index (κ2) is 7.99. The predicted octanol–water partition coefficient (Wildman–Crippen LogP) is 1.90. The molecular formula is C16H31N3O. The summed E-state index contributed by atoms with van der Waals surface area (Å²) in [5, 5.41) is 7.13. The molecule has 0 aromatic rings. The number of hydrogen-bond donors (Lipinski definition) is 2. The second-order valence-corrected chi connectivity index (χ2v) is 6.56. The summed E-state index contributed by atoms with van der Waals surface area (Å²) >= 11 is 0. The van der Waals surface area contributed by atoms with Gasteiger partial charge in [0.05, 0.1) is 6.04 Å². The van der Waals surface area contributed by atoms with Crippen molar-refractivity contribution in [3.63, 3.8) is 0 Å². The molecule has 2 rings (SSSR count). The van der Waals surface area contributed by atoms with Gasteiger partial charge >= 0.3 is 0 Å². The van der Waals surface area contributed by atoms with E-state index >= 15 is 0 Å². The van der Waals surface area contributed by atoms with Gasteiger partial charge in [0.15, 0.2) is 0 Å². The lowest BCUT2D eigenvalue weighted by Crippen LogP contribution is -2.48. The van der Waals surface area contributed by atoms with Crippen LogP contribution in [0.1, 0.15) is 58.8 Å². The van der Waals surface area contributed by atoms with Crippen molar-refractivity contribution in [3.8, 4) is 0 Å². The molecule has 2 saturated heterocycles. The minimum Gasteiger partial charge on any atom is -0.341 e. The van der Waals surface area contributed by atoms with E-state index in [2.05, 4.69) is 17.6 Å². The topological polar surface area (TPSA) is 44.4 Å². The molecule has 3 atom stereocenters. The highest BCUT2D eigenvalue weighted by Gasteiger charge is 2.24. The van der Waals surface area contributed by atoms with Crippen molar-refractivity contribution in [1.82, 2.24) is 15.5 Å². The van der Waals surface area contributed by atoms with Gasteiger partial charge in [0.25, 0.3) is 0 Å². The van der Waals surface area contributed by atoms with Crippen molar-refractivity contribution in [2.24, 2.45) is 0 Å². The molecule has 0 aromatic heterocycles. The maximum absolute atomic E-state index is 12.3. The number of carbonyl (C=O) groups is 1. The monoisotopic (exact) mass is 281 g/mol. The summed E-state index contributed by atoms with van der Waals surface area (Å²) in [6.45, 7) is 7.27. The lowest BCUT2D eigenvalue weighted by atomic mass is 10.0. The van der Waals surface area contributed by atoms with E-state index in [1.807, 2.05) is 11.8 Å². The fourth-order valence-electron chi connectivity index (χ4n) is 3.51. The summed E-state index contributed by atoms with van der Waals surface area (Å²) in [7, 11) is 0. The number of likely N-dealkylation sites (tertiary alicyclic amines) is 1. The molecule has 20 heavy (non-hydrogen) atoms. The van der Waals surface area contributed by atoms with Crippen molar-refractivity contribution >= 4 is 5.91 Å². The van der Waals surface area contributed by atoms with E-state index in [9.17, 15) is 4.79 Å². The molecule has 116 valence electrons. The van der Waals surface area contributed by atoms with Crippen LogP contribution in [0.5, 0.6) is 0 Å². The normalized spacial score (nSPS) is 27.1. The summed E-state index contributed by atoms with van der Waals surface area (Å²) in [5.74, 6) is 0.281. The Morgan fingerprint density at radius 3 is 2.70 bits per heavy atom. The number of nitrogens with zero attached hydrogens (tertiary/aromatic N) is 1. The fraction of sp³-hybridized carbons (Fsp3) is 0.938. The summed E-state index contributed by atoms with van der Waals surface area (Å²) in [4.78, 5) is 14.3. The summed E-state index contributed by atoms with van der Waals surface area (Å²) < 4.78 is 0. The minimum absolute atomic E-state index is 0.0473. The zero-order chi connectivity index (χ0) is 14.4. The molecule has 2 aliphatic heterocycles. The first-order valence-electron chi connectivity index (χ1n) is 8.45. The maximum Gasteiger partial charge on any atom is 0.239 e. The van der Waals surface area contributed by atoms with Gasteiger partial charge in [0.2, 0.25) is 5.91 Å². The Hall–Kier alpha value is -0.610. The van der Waals surface area contributed by atoms with Gasteiger partial charge in [-0.05, 0) is 52.5 Å². The van der Waals surface area contributed by atoms with Crippen molar-refractivity contribution in [2.45, 2.75) is 76.9 Å². The Bertz CT molecular complexity index is 294. The van der Waals surface area contributed by atoms with Gasteiger partial charge < -0.3 is 15.5 Å². The predicted molar refractivity (Wildman–Crippen MR) is 82.7 cm³/mol. The van der Waals surface area contributed by atoms with Gasteiger partial charge in [0, 0.05) is 25.2 Å². The van der Waals surface area contributed by atoms with Gasteiger partial charge in [0.1, 0.15) is 0 Å². The highest BCUT2D eigenvalue weighted by atomic mass is 16.2. The van der Waals surface area contributed by atoms with Crippen molar-refractivity contribution in [2.75, 3.05) is 19.6 Å². The van der Waals surface area contributed by atoms with Gasteiger partial charge in [-0.1, -0.05) is 12.8 Å². The van der Waals surface area contributed by atoms with E-state index in [-0.39, 0.29) is 11.9 Å². The molecule has 0 aromatic carbocycles. The largest absolute Gasteiger partial charge is 0.341 e. The Labute approximate surface area is 123 Å². The molecule has 4 heteroatoms. The summed E-state index contributed by atoms with van der Waals surface area (Å²) in [6, 6.07) is 0.968.